The molecule has 0 spiro atoms. The van der Waals surface area contributed by atoms with Crippen LogP contribution in [-0.4, -0.2) is 57.4 Å². The van der Waals surface area contributed by atoms with Gasteiger partial charge in [-0.05, 0) is 37.1 Å². The molecule has 0 amide bonds. The molecule has 22 heavy (non-hydrogen) atoms. The average Bonchev–Trinajstić information content (AvgIpc) is 3.11. The van der Waals surface area contributed by atoms with Gasteiger partial charge in [0.25, 0.3) is 0 Å². The van der Waals surface area contributed by atoms with Crippen molar-refractivity contribution in [2.45, 2.75) is 6.54 Å². The zero-order chi connectivity index (χ0) is 14.9. The van der Waals surface area contributed by atoms with E-state index in [0.717, 1.165) is 82.1 Å². The number of anilines is 1. The number of ether oxygens (including phenoxy) is 1. The summed E-state index contributed by atoms with van der Waals surface area (Å²) in [4.78, 5) is 4.60. The van der Waals surface area contributed by atoms with Crippen LogP contribution in [0.25, 0.3) is 0 Å². The largest absolute Gasteiger partial charge is 0.378 e. The number of nitrogens with zero attached hydrogens (tertiary/aromatic N) is 2. The van der Waals surface area contributed by atoms with Gasteiger partial charge in [-0.2, -0.15) is 0 Å². The van der Waals surface area contributed by atoms with Crippen LogP contribution in [0, 0.1) is 17.7 Å². The van der Waals surface area contributed by atoms with Crippen LogP contribution < -0.4 is 10.2 Å². The number of rotatable bonds is 3. The van der Waals surface area contributed by atoms with Crippen molar-refractivity contribution in [3.63, 3.8) is 0 Å². The van der Waals surface area contributed by atoms with E-state index in [1.165, 1.54) is 0 Å². The van der Waals surface area contributed by atoms with E-state index in [1.54, 1.807) is 6.07 Å². The molecule has 0 aliphatic carbocycles. The maximum absolute atomic E-state index is 14.5. The molecule has 1 N–H and O–H groups in total. The maximum Gasteiger partial charge on any atom is 0.129 e. The van der Waals surface area contributed by atoms with Gasteiger partial charge in [-0.3, -0.25) is 4.90 Å². The standard InChI is InChI=1S/C17H24FN3O/c18-17-7-16(21-3-5-22-6-4-21)2-1-13(17)10-20-11-14-8-19-9-15(14)12-20/h1-2,7,14-15,19H,3-6,8-12H2. The Balaban J connectivity index is 1.42. The molecule has 120 valence electrons. The Hall–Kier alpha value is -1.17. The molecule has 0 aromatic heterocycles. The first-order valence-electron chi connectivity index (χ1n) is 8.34. The van der Waals surface area contributed by atoms with E-state index >= 15 is 0 Å². The molecule has 0 radical (unpaired) electrons. The van der Waals surface area contributed by atoms with Gasteiger partial charge in [-0.1, -0.05) is 6.07 Å². The Morgan fingerprint density at radius 3 is 2.55 bits per heavy atom. The first-order chi connectivity index (χ1) is 10.8. The lowest BCUT2D eigenvalue weighted by atomic mass is 10.0. The molecule has 1 aromatic carbocycles. The number of nitrogens with one attached hydrogen (secondary N) is 1. The third kappa shape index (κ3) is 2.85. The van der Waals surface area contributed by atoms with Crippen molar-refractivity contribution in [1.29, 1.82) is 0 Å². The van der Waals surface area contributed by atoms with Gasteiger partial charge >= 0.3 is 0 Å². The molecule has 3 aliphatic heterocycles. The Morgan fingerprint density at radius 2 is 1.86 bits per heavy atom. The average molecular weight is 305 g/mol. The smallest absolute Gasteiger partial charge is 0.129 e. The van der Waals surface area contributed by atoms with Crippen molar-refractivity contribution in [3.8, 4) is 0 Å². The molecule has 2 atom stereocenters. The van der Waals surface area contributed by atoms with E-state index in [1.807, 2.05) is 6.07 Å². The Bertz CT molecular complexity index is 521. The van der Waals surface area contributed by atoms with E-state index in [-0.39, 0.29) is 5.82 Å². The number of fused-ring (bicyclic) bond motifs is 1. The van der Waals surface area contributed by atoms with Gasteiger partial charge in [0.1, 0.15) is 5.82 Å². The maximum atomic E-state index is 14.5. The summed E-state index contributed by atoms with van der Waals surface area (Å²) in [6.45, 7) is 8.34. The van der Waals surface area contributed by atoms with Crippen molar-refractivity contribution < 1.29 is 9.13 Å². The number of morpholine rings is 1. The molecule has 3 fully saturated rings. The molecule has 4 nitrogen and oxygen atoms in total. The number of halogens is 1. The topological polar surface area (TPSA) is 27.7 Å². The fourth-order valence-electron chi connectivity index (χ4n) is 4.01. The highest BCUT2D eigenvalue weighted by Gasteiger charge is 2.36. The molecule has 4 rings (SSSR count). The second kappa shape index (κ2) is 6.14. The highest BCUT2D eigenvalue weighted by Crippen LogP contribution is 2.28. The molecule has 3 heterocycles. The van der Waals surface area contributed by atoms with Crippen molar-refractivity contribution in [1.82, 2.24) is 10.2 Å². The predicted octanol–water partition coefficient (Wildman–Crippen LogP) is 1.31. The fraction of sp³-hybridized carbons (Fsp3) is 0.647. The normalized spacial score (nSPS) is 29.0. The lowest BCUT2D eigenvalue weighted by Crippen LogP contribution is -2.36. The van der Waals surface area contributed by atoms with Crippen molar-refractivity contribution in [2.24, 2.45) is 11.8 Å². The summed E-state index contributed by atoms with van der Waals surface area (Å²) in [5, 5.41) is 3.45. The Morgan fingerprint density at radius 1 is 1.14 bits per heavy atom. The second-order valence-electron chi connectivity index (χ2n) is 6.75. The molecular weight excluding hydrogens is 281 g/mol. The van der Waals surface area contributed by atoms with Gasteiger partial charge in [0.15, 0.2) is 0 Å². The molecule has 2 unspecified atom stereocenters. The predicted molar refractivity (Wildman–Crippen MR) is 84.6 cm³/mol. The first kappa shape index (κ1) is 14.4. The summed E-state index contributed by atoms with van der Waals surface area (Å²) in [7, 11) is 0. The van der Waals surface area contributed by atoms with Crippen LogP contribution in [0.3, 0.4) is 0 Å². The van der Waals surface area contributed by atoms with Crippen LogP contribution in [-0.2, 0) is 11.3 Å². The quantitative estimate of drug-likeness (QED) is 0.911. The van der Waals surface area contributed by atoms with Crippen LogP contribution in [0.5, 0.6) is 0 Å². The van der Waals surface area contributed by atoms with Crippen LogP contribution in [0.15, 0.2) is 18.2 Å². The summed E-state index contributed by atoms with van der Waals surface area (Å²) < 4.78 is 19.8. The van der Waals surface area contributed by atoms with Gasteiger partial charge in [-0.15, -0.1) is 0 Å². The summed E-state index contributed by atoms with van der Waals surface area (Å²) in [5.41, 5.74) is 1.80. The van der Waals surface area contributed by atoms with Crippen molar-refractivity contribution in [2.75, 3.05) is 57.4 Å². The highest BCUT2D eigenvalue weighted by atomic mass is 19.1. The third-order valence-corrected chi connectivity index (χ3v) is 5.27. The SMILES string of the molecule is Fc1cc(N2CCOCC2)ccc1CN1CC2CNCC2C1. The van der Waals surface area contributed by atoms with Crippen LogP contribution in [0.2, 0.25) is 0 Å². The van der Waals surface area contributed by atoms with E-state index < -0.39 is 0 Å². The molecule has 3 aliphatic rings. The number of hydrogen-bond donors (Lipinski definition) is 1. The molecule has 0 bridgehead atoms. The summed E-state index contributed by atoms with van der Waals surface area (Å²) in [5.74, 6) is 1.45. The first-order valence-corrected chi connectivity index (χ1v) is 8.34. The molecule has 5 heteroatoms. The van der Waals surface area contributed by atoms with Crippen molar-refractivity contribution >= 4 is 5.69 Å². The molecule has 3 saturated heterocycles. The zero-order valence-electron chi connectivity index (χ0n) is 12.9. The van der Waals surface area contributed by atoms with Crippen LogP contribution >= 0.6 is 0 Å². The Labute approximate surface area is 131 Å². The van der Waals surface area contributed by atoms with Gasteiger partial charge in [-0.25, -0.2) is 4.39 Å². The summed E-state index contributed by atoms with van der Waals surface area (Å²) in [6.07, 6.45) is 0. The number of hydrogen-bond acceptors (Lipinski definition) is 4. The number of benzene rings is 1. The van der Waals surface area contributed by atoms with Crippen LogP contribution in [0.4, 0.5) is 10.1 Å². The second-order valence-corrected chi connectivity index (χ2v) is 6.75. The van der Waals surface area contributed by atoms with E-state index in [9.17, 15) is 4.39 Å². The summed E-state index contributed by atoms with van der Waals surface area (Å²) >= 11 is 0. The molecular formula is C17H24FN3O. The van der Waals surface area contributed by atoms with E-state index in [4.69, 9.17) is 4.74 Å². The highest BCUT2D eigenvalue weighted by molar-refractivity contribution is 5.48. The minimum atomic E-state index is -0.0702. The molecule has 1 aromatic rings. The summed E-state index contributed by atoms with van der Waals surface area (Å²) in [6, 6.07) is 5.72. The third-order valence-electron chi connectivity index (χ3n) is 5.27. The lowest BCUT2D eigenvalue weighted by Gasteiger charge is -2.29. The minimum absolute atomic E-state index is 0.0702. The van der Waals surface area contributed by atoms with Gasteiger partial charge in [0.05, 0.1) is 13.2 Å². The number of likely N-dealkylation sites (tertiary alicyclic amines) is 1. The monoisotopic (exact) mass is 305 g/mol. The van der Waals surface area contributed by atoms with Gasteiger partial charge < -0.3 is 15.0 Å². The Kier molecular flexibility index (Phi) is 4.03. The van der Waals surface area contributed by atoms with Crippen LogP contribution in [0.1, 0.15) is 5.56 Å². The lowest BCUT2D eigenvalue weighted by molar-refractivity contribution is 0.122. The van der Waals surface area contributed by atoms with Gasteiger partial charge in [0.2, 0.25) is 0 Å². The molecule has 0 saturated carbocycles. The van der Waals surface area contributed by atoms with E-state index in [0.29, 0.717) is 0 Å². The zero-order valence-corrected chi connectivity index (χ0v) is 12.9. The minimum Gasteiger partial charge on any atom is -0.378 e. The van der Waals surface area contributed by atoms with Crippen molar-refractivity contribution in [3.05, 3.63) is 29.6 Å². The van der Waals surface area contributed by atoms with E-state index in [2.05, 4.69) is 21.2 Å². The van der Waals surface area contributed by atoms with Gasteiger partial charge in [0, 0.05) is 44.0 Å². The fourth-order valence-corrected chi connectivity index (χ4v) is 4.01.